The minimum atomic E-state index is -2.86. The molecule has 6 heteroatoms. The number of rotatable bonds is 3. The summed E-state index contributed by atoms with van der Waals surface area (Å²) in [4.78, 5) is 14.4. The van der Waals surface area contributed by atoms with Crippen molar-refractivity contribution >= 4 is 5.91 Å². The molecule has 0 aliphatic carbocycles. The lowest BCUT2D eigenvalue weighted by Gasteiger charge is -2.34. The van der Waals surface area contributed by atoms with E-state index in [0.29, 0.717) is 23.2 Å². The van der Waals surface area contributed by atoms with Crippen molar-refractivity contribution in [1.29, 1.82) is 0 Å². The van der Waals surface area contributed by atoms with E-state index in [0.717, 1.165) is 13.1 Å². The zero-order chi connectivity index (χ0) is 15.6. The standard InChI is InChI=1S/C15H20F2N2O2/c1-9-6-12(7-10(2)13(9)21-15(16)17)14(20)19-5-4-18-8-11(19)3/h6-7,11,15,18H,4-5,8H2,1-3H3/t11-/m0/s1. The predicted octanol–water partition coefficient (Wildman–Crippen LogP) is 2.34. The van der Waals surface area contributed by atoms with Gasteiger partial charge in [-0.2, -0.15) is 8.78 Å². The van der Waals surface area contributed by atoms with Crippen molar-refractivity contribution in [2.45, 2.75) is 33.4 Å². The van der Waals surface area contributed by atoms with E-state index in [1.165, 1.54) is 0 Å². The molecule has 1 N–H and O–H groups in total. The van der Waals surface area contributed by atoms with Gasteiger partial charge in [0.2, 0.25) is 0 Å². The van der Waals surface area contributed by atoms with Crippen molar-refractivity contribution in [1.82, 2.24) is 10.2 Å². The van der Waals surface area contributed by atoms with Crippen LogP contribution >= 0.6 is 0 Å². The Kier molecular flexibility index (Phi) is 4.77. The molecule has 1 heterocycles. The summed E-state index contributed by atoms with van der Waals surface area (Å²) >= 11 is 0. The minimum Gasteiger partial charge on any atom is -0.434 e. The summed E-state index contributed by atoms with van der Waals surface area (Å²) in [7, 11) is 0. The Morgan fingerprint density at radius 2 is 2.00 bits per heavy atom. The number of ether oxygens (including phenoxy) is 1. The predicted molar refractivity (Wildman–Crippen MR) is 75.9 cm³/mol. The molecule has 21 heavy (non-hydrogen) atoms. The monoisotopic (exact) mass is 298 g/mol. The van der Waals surface area contributed by atoms with Crippen LogP contribution in [0.3, 0.4) is 0 Å². The number of piperazine rings is 1. The third kappa shape index (κ3) is 3.50. The van der Waals surface area contributed by atoms with Crippen LogP contribution in [0.4, 0.5) is 8.78 Å². The van der Waals surface area contributed by atoms with Crippen molar-refractivity contribution < 1.29 is 18.3 Å². The van der Waals surface area contributed by atoms with Gasteiger partial charge < -0.3 is 15.0 Å². The molecule has 1 atom stereocenters. The molecule has 1 aliphatic rings. The quantitative estimate of drug-likeness (QED) is 0.931. The van der Waals surface area contributed by atoms with Gasteiger partial charge in [-0.25, -0.2) is 0 Å². The molecule has 116 valence electrons. The molecule has 1 aromatic rings. The average molecular weight is 298 g/mol. The van der Waals surface area contributed by atoms with Crippen molar-refractivity contribution in [2.75, 3.05) is 19.6 Å². The van der Waals surface area contributed by atoms with E-state index in [4.69, 9.17) is 0 Å². The fraction of sp³-hybridized carbons (Fsp3) is 0.533. The second kappa shape index (κ2) is 6.39. The van der Waals surface area contributed by atoms with Crippen LogP contribution in [0.15, 0.2) is 12.1 Å². The van der Waals surface area contributed by atoms with Crippen LogP contribution in [0.5, 0.6) is 5.75 Å². The first-order valence-electron chi connectivity index (χ1n) is 6.98. The highest BCUT2D eigenvalue weighted by Crippen LogP contribution is 2.27. The van der Waals surface area contributed by atoms with Gasteiger partial charge in [-0.15, -0.1) is 0 Å². The first-order valence-corrected chi connectivity index (χ1v) is 6.98. The summed E-state index contributed by atoms with van der Waals surface area (Å²) in [6, 6.07) is 3.34. The van der Waals surface area contributed by atoms with Crippen LogP contribution < -0.4 is 10.1 Å². The third-order valence-corrected chi connectivity index (χ3v) is 3.68. The summed E-state index contributed by atoms with van der Waals surface area (Å²) in [6.45, 7) is 4.63. The first kappa shape index (κ1) is 15.7. The van der Waals surface area contributed by atoms with Crippen molar-refractivity contribution in [3.8, 4) is 5.75 Å². The van der Waals surface area contributed by atoms with E-state index in [1.807, 2.05) is 6.92 Å². The van der Waals surface area contributed by atoms with Gasteiger partial charge in [0.25, 0.3) is 5.91 Å². The molecule has 0 aromatic heterocycles. The highest BCUT2D eigenvalue weighted by molar-refractivity contribution is 5.95. The lowest BCUT2D eigenvalue weighted by atomic mass is 10.0. The van der Waals surface area contributed by atoms with Crippen LogP contribution in [0.2, 0.25) is 0 Å². The van der Waals surface area contributed by atoms with Crippen molar-refractivity contribution in [3.63, 3.8) is 0 Å². The normalized spacial score (nSPS) is 19.0. The molecule has 1 fully saturated rings. The van der Waals surface area contributed by atoms with Crippen molar-refractivity contribution in [3.05, 3.63) is 28.8 Å². The molecular weight excluding hydrogens is 278 g/mol. The topological polar surface area (TPSA) is 41.6 Å². The van der Waals surface area contributed by atoms with E-state index < -0.39 is 6.61 Å². The van der Waals surface area contributed by atoms with Crippen LogP contribution in [-0.4, -0.2) is 43.1 Å². The van der Waals surface area contributed by atoms with E-state index in [9.17, 15) is 13.6 Å². The molecule has 1 amide bonds. The van der Waals surface area contributed by atoms with E-state index in [-0.39, 0.29) is 17.7 Å². The minimum absolute atomic E-state index is 0.0706. The molecular formula is C15H20F2N2O2. The zero-order valence-corrected chi connectivity index (χ0v) is 12.5. The molecule has 1 saturated heterocycles. The van der Waals surface area contributed by atoms with E-state index >= 15 is 0 Å². The molecule has 0 radical (unpaired) electrons. The number of hydrogen-bond donors (Lipinski definition) is 1. The Balaban J connectivity index is 2.26. The fourth-order valence-electron chi connectivity index (χ4n) is 2.66. The van der Waals surface area contributed by atoms with Crippen LogP contribution in [-0.2, 0) is 0 Å². The maximum absolute atomic E-state index is 12.6. The van der Waals surface area contributed by atoms with Gasteiger partial charge in [0, 0.05) is 31.2 Å². The Morgan fingerprint density at radius 1 is 1.38 bits per heavy atom. The number of carbonyl (C=O) groups is 1. The van der Waals surface area contributed by atoms with Crippen molar-refractivity contribution in [2.24, 2.45) is 0 Å². The number of nitrogens with zero attached hydrogens (tertiary/aromatic N) is 1. The number of amides is 1. The highest BCUT2D eigenvalue weighted by Gasteiger charge is 2.25. The van der Waals surface area contributed by atoms with E-state index in [1.54, 1.807) is 30.9 Å². The lowest BCUT2D eigenvalue weighted by Crippen LogP contribution is -2.52. The second-order valence-electron chi connectivity index (χ2n) is 5.37. The molecule has 4 nitrogen and oxygen atoms in total. The van der Waals surface area contributed by atoms with Crippen LogP contribution in [0.25, 0.3) is 0 Å². The Morgan fingerprint density at radius 3 is 2.52 bits per heavy atom. The number of hydrogen-bond acceptors (Lipinski definition) is 3. The number of benzene rings is 1. The van der Waals surface area contributed by atoms with Gasteiger partial charge in [-0.3, -0.25) is 4.79 Å². The van der Waals surface area contributed by atoms with Crippen LogP contribution in [0, 0.1) is 13.8 Å². The highest BCUT2D eigenvalue weighted by atomic mass is 19.3. The van der Waals surface area contributed by atoms with Crippen LogP contribution in [0.1, 0.15) is 28.4 Å². The van der Waals surface area contributed by atoms with E-state index in [2.05, 4.69) is 10.1 Å². The average Bonchev–Trinajstić information content (AvgIpc) is 2.42. The molecule has 2 rings (SSSR count). The maximum Gasteiger partial charge on any atom is 0.387 e. The molecule has 0 unspecified atom stereocenters. The largest absolute Gasteiger partial charge is 0.434 e. The maximum atomic E-state index is 12.6. The van der Waals surface area contributed by atoms with Gasteiger partial charge in [0.1, 0.15) is 5.75 Å². The second-order valence-corrected chi connectivity index (χ2v) is 5.37. The number of aryl methyl sites for hydroxylation is 2. The number of carbonyl (C=O) groups excluding carboxylic acids is 1. The molecule has 0 bridgehead atoms. The van der Waals surface area contributed by atoms with Gasteiger partial charge in [-0.05, 0) is 44.0 Å². The SMILES string of the molecule is Cc1cc(C(=O)N2CCNC[C@@H]2C)cc(C)c1OC(F)F. The van der Waals surface area contributed by atoms with Gasteiger partial charge in [0.05, 0.1) is 0 Å². The number of halogens is 2. The number of alkyl halides is 2. The Hall–Kier alpha value is -1.69. The molecule has 1 aliphatic heterocycles. The summed E-state index contributed by atoms with van der Waals surface area (Å²) in [5.74, 6) is 0.0775. The molecule has 1 aromatic carbocycles. The molecule has 0 saturated carbocycles. The van der Waals surface area contributed by atoms with Gasteiger partial charge in [-0.1, -0.05) is 0 Å². The Bertz CT molecular complexity index is 511. The summed E-state index contributed by atoms with van der Waals surface area (Å²) in [6.07, 6.45) is 0. The summed E-state index contributed by atoms with van der Waals surface area (Å²) in [5.41, 5.74) is 1.60. The van der Waals surface area contributed by atoms with Gasteiger partial charge in [0.15, 0.2) is 0 Å². The zero-order valence-electron chi connectivity index (χ0n) is 12.5. The summed E-state index contributed by atoms with van der Waals surface area (Å²) in [5, 5.41) is 3.23. The smallest absolute Gasteiger partial charge is 0.387 e. The Labute approximate surface area is 123 Å². The van der Waals surface area contributed by atoms with Gasteiger partial charge >= 0.3 is 6.61 Å². The third-order valence-electron chi connectivity index (χ3n) is 3.68. The molecule has 0 spiro atoms. The lowest BCUT2D eigenvalue weighted by molar-refractivity contribution is -0.0507. The summed E-state index contributed by atoms with van der Waals surface area (Å²) < 4.78 is 29.3. The fourth-order valence-corrected chi connectivity index (χ4v) is 2.66. The first-order chi connectivity index (χ1) is 9.90. The number of nitrogens with one attached hydrogen (secondary N) is 1.